The number of rotatable bonds is 1. The fourth-order valence-electron chi connectivity index (χ4n) is 2.59. The van der Waals surface area contributed by atoms with E-state index in [0.29, 0.717) is 24.4 Å². The first kappa shape index (κ1) is 6.62. The molecule has 2 fully saturated rings. The van der Waals surface area contributed by atoms with Gasteiger partial charge in [0.2, 0.25) is 0 Å². The highest BCUT2D eigenvalue weighted by atomic mass is 16.3. The van der Waals surface area contributed by atoms with Crippen LogP contribution in [0.5, 0.6) is 0 Å². The van der Waals surface area contributed by atoms with Gasteiger partial charge < -0.3 is 10.2 Å². The van der Waals surface area contributed by atoms with Crippen LogP contribution in [0.15, 0.2) is 0 Å². The van der Waals surface area contributed by atoms with Crippen molar-refractivity contribution in [2.24, 2.45) is 17.8 Å². The number of aliphatic hydroxyl groups excluding tert-OH is 2. The Balaban J connectivity index is 2.02. The molecule has 0 aromatic carbocycles. The van der Waals surface area contributed by atoms with E-state index in [4.69, 9.17) is 5.11 Å². The SMILES string of the molecule is OCC1CC2CC1CC2O. The van der Waals surface area contributed by atoms with Gasteiger partial charge >= 0.3 is 0 Å². The maximum Gasteiger partial charge on any atom is 0.0571 e. The Morgan fingerprint density at radius 3 is 2.30 bits per heavy atom. The summed E-state index contributed by atoms with van der Waals surface area (Å²) in [6.45, 7) is 0.327. The summed E-state index contributed by atoms with van der Waals surface area (Å²) in [5, 5.41) is 18.2. The lowest BCUT2D eigenvalue weighted by molar-refractivity contribution is 0.0766. The number of hydrogen-bond donors (Lipinski definition) is 2. The van der Waals surface area contributed by atoms with Crippen LogP contribution in [0.4, 0.5) is 0 Å². The van der Waals surface area contributed by atoms with E-state index in [1.807, 2.05) is 0 Å². The monoisotopic (exact) mass is 142 g/mol. The Bertz CT molecular complexity index is 133. The molecule has 2 saturated carbocycles. The van der Waals surface area contributed by atoms with Gasteiger partial charge in [0, 0.05) is 6.61 Å². The van der Waals surface area contributed by atoms with Crippen molar-refractivity contribution in [3.63, 3.8) is 0 Å². The minimum Gasteiger partial charge on any atom is -0.396 e. The van der Waals surface area contributed by atoms with E-state index >= 15 is 0 Å². The van der Waals surface area contributed by atoms with Crippen molar-refractivity contribution < 1.29 is 10.2 Å². The molecular formula is C8H14O2. The van der Waals surface area contributed by atoms with Gasteiger partial charge in [-0.3, -0.25) is 0 Å². The summed E-state index contributed by atoms with van der Waals surface area (Å²) in [5.41, 5.74) is 0. The van der Waals surface area contributed by atoms with E-state index in [0.717, 1.165) is 19.3 Å². The highest BCUT2D eigenvalue weighted by Crippen LogP contribution is 2.47. The van der Waals surface area contributed by atoms with Gasteiger partial charge in [-0.25, -0.2) is 0 Å². The van der Waals surface area contributed by atoms with Crippen LogP contribution >= 0.6 is 0 Å². The number of hydrogen-bond acceptors (Lipinski definition) is 2. The molecule has 0 aliphatic heterocycles. The molecule has 58 valence electrons. The van der Waals surface area contributed by atoms with Gasteiger partial charge in [-0.2, -0.15) is 0 Å². The van der Waals surface area contributed by atoms with E-state index in [2.05, 4.69) is 0 Å². The topological polar surface area (TPSA) is 40.5 Å². The van der Waals surface area contributed by atoms with Gasteiger partial charge in [0.25, 0.3) is 0 Å². The zero-order chi connectivity index (χ0) is 7.14. The molecule has 4 atom stereocenters. The standard InChI is InChI=1S/C8H14O2/c9-4-7-2-6-1-5(7)3-8(6)10/h5-10H,1-4H2. The van der Waals surface area contributed by atoms with Crippen molar-refractivity contribution in [1.29, 1.82) is 0 Å². The van der Waals surface area contributed by atoms with Crippen LogP contribution in [0.2, 0.25) is 0 Å². The first-order chi connectivity index (χ1) is 4.81. The summed E-state index contributed by atoms with van der Waals surface area (Å²) < 4.78 is 0. The Kier molecular flexibility index (Phi) is 1.46. The van der Waals surface area contributed by atoms with Crippen molar-refractivity contribution in [1.82, 2.24) is 0 Å². The summed E-state index contributed by atoms with van der Waals surface area (Å²) in [5.74, 6) is 1.65. The molecule has 4 unspecified atom stereocenters. The molecule has 2 bridgehead atoms. The molecule has 0 heterocycles. The lowest BCUT2D eigenvalue weighted by atomic mass is 9.88. The first-order valence-corrected chi connectivity index (χ1v) is 4.10. The molecule has 2 aliphatic carbocycles. The smallest absolute Gasteiger partial charge is 0.0571 e. The second kappa shape index (κ2) is 2.21. The average Bonchev–Trinajstić information content (AvgIpc) is 2.44. The van der Waals surface area contributed by atoms with Crippen molar-refractivity contribution in [2.75, 3.05) is 6.61 Å². The molecule has 0 saturated heterocycles. The Morgan fingerprint density at radius 2 is 1.90 bits per heavy atom. The van der Waals surface area contributed by atoms with Gasteiger partial charge in [-0.15, -0.1) is 0 Å². The third-order valence-corrected chi connectivity index (χ3v) is 3.20. The molecule has 10 heavy (non-hydrogen) atoms. The van der Waals surface area contributed by atoms with Crippen LogP contribution in [0.3, 0.4) is 0 Å². The Morgan fingerprint density at radius 1 is 1.10 bits per heavy atom. The molecule has 0 radical (unpaired) electrons. The van der Waals surface area contributed by atoms with Crippen molar-refractivity contribution >= 4 is 0 Å². The second-order valence-corrected chi connectivity index (χ2v) is 3.74. The van der Waals surface area contributed by atoms with E-state index < -0.39 is 0 Å². The third-order valence-electron chi connectivity index (χ3n) is 3.20. The van der Waals surface area contributed by atoms with Crippen LogP contribution in [-0.2, 0) is 0 Å². The molecule has 2 aliphatic rings. The predicted octanol–water partition coefficient (Wildman–Crippen LogP) is 0.386. The summed E-state index contributed by atoms with van der Waals surface area (Å²) >= 11 is 0. The van der Waals surface area contributed by atoms with Gasteiger partial charge in [-0.05, 0) is 37.0 Å². The van der Waals surface area contributed by atoms with Crippen LogP contribution in [0.1, 0.15) is 19.3 Å². The molecular weight excluding hydrogens is 128 g/mol. The average molecular weight is 142 g/mol. The molecule has 2 N–H and O–H groups in total. The molecule has 2 heteroatoms. The van der Waals surface area contributed by atoms with Crippen LogP contribution in [0, 0.1) is 17.8 Å². The predicted molar refractivity (Wildman–Crippen MR) is 37.4 cm³/mol. The van der Waals surface area contributed by atoms with E-state index in [1.54, 1.807) is 0 Å². The number of fused-ring (bicyclic) bond motifs is 2. The van der Waals surface area contributed by atoms with E-state index in [1.165, 1.54) is 0 Å². The zero-order valence-corrected chi connectivity index (χ0v) is 6.03. The summed E-state index contributed by atoms with van der Waals surface area (Å²) in [6.07, 6.45) is 3.11. The highest BCUT2D eigenvalue weighted by Gasteiger charge is 2.44. The van der Waals surface area contributed by atoms with Crippen LogP contribution < -0.4 is 0 Å². The fraction of sp³-hybridized carbons (Fsp3) is 1.00. The van der Waals surface area contributed by atoms with Gasteiger partial charge in [0.15, 0.2) is 0 Å². The lowest BCUT2D eigenvalue weighted by Gasteiger charge is -2.22. The lowest BCUT2D eigenvalue weighted by Crippen LogP contribution is -2.23. The van der Waals surface area contributed by atoms with E-state index in [9.17, 15) is 5.11 Å². The fourth-order valence-corrected chi connectivity index (χ4v) is 2.59. The molecule has 0 aromatic heterocycles. The van der Waals surface area contributed by atoms with E-state index in [-0.39, 0.29) is 6.10 Å². The molecule has 2 rings (SSSR count). The first-order valence-electron chi connectivity index (χ1n) is 4.10. The van der Waals surface area contributed by atoms with Crippen molar-refractivity contribution in [3.8, 4) is 0 Å². The molecule has 0 aromatic rings. The Hall–Kier alpha value is -0.0800. The van der Waals surface area contributed by atoms with Gasteiger partial charge in [0.1, 0.15) is 0 Å². The largest absolute Gasteiger partial charge is 0.396 e. The molecule has 2 nitrogen and oxygen atoms in total. The van der Waals surface area contributed by atoms with Crippen LogP contribution in [-0.4, -0.2) is 22.9 Å². The summed E-state index contributed by atoms with van der Waals surface area (Å²) in [4.78, 5) is 0. The number of aliphatic hydroxyl groups is 2. The minimum absolute atomic E-state index is 0.0483. The minimum atomic E-state index is -0.0483. The highest BCUT2D eigenvalue weighted by molar-refractivity contribution is 4.94. The summed E-state index contributed by atoms with van der Waals surface area (Å²) in [7, 11) is 0. The zero-order valence-electron chi connectivity index (χ0n) is 6.03. The van der Waals surface area contributed by atoms with Crippen molar-refractivity contribution in [2.45, 2.75) is 25.4 Å². The maximum absolute atomic E-state index is 9.35. The second-order valence-electron chi connectivity index (χ2n) is 3.74. The Labute approximate surface area is 60.9 Å². The van der Waals surface area contributed by atoms with Gasteiger partial charge in [-0.1, -0.05) is 0 Å². The third kappa shape index (κ3) is 0.789. The molecule has 0 amide bonds. The van der Waals surface area contributed by atoms with Gasteiger partial charge in [0.05, 0.1) is 6.10 Å². The van der Waals surface area contributed by atoms with Crippen LogP contribution in [0.25, 0.3) is 0 Å². The quantitative estimate of drug-likeness (QED) is 0.556. The normalized spacial score (nSPS) is 52.2. The summed E-state index contributed by atoms with van der Waals surface area (Å²) in [6, 6.07) is 0. The molecule has 0 spiro atoms. The maximum atomic E-state index is 9.35. The van der Waals surface area contributed by atoms with Crippen molar-refractivity contribution in [3.05, 3.63) is 0 Å².